The minimum Gasteiger partial charge on any atom is -0.504 e. The largest absolute Gasteiger partial charge is 0.504 e. The lowest BCUT2D eigenvalue weighted by atomic mass is 10.4. The number of hydrogen-bond donors (Lipinski definition) is 0. The van der Waals surface area contributed by atoms with Gasteiger partial charge in [-0.15, -0.1) is 0 Å². The van der Waals surface area contributed by atoms with Gasteiger partial charge in [-0.3, -0.25) is 0 Å². The van der Waals surface area contributed by atoms with Crippen molar-refractivity contribution in [2.45, 2.75) is 18.9 Å². The van der Waals surface area contributed by atoms with Crippen molar-refractivity contribution >= 4 is 9.04 Å². The molecule has 0 bridgehead atoms. The SMILES string of the molecule is C=C(OC)[SiH]1CCCCO1. The second-order valence-electron chi connectivity index (χ2n) is 2.53. The van der Waals surface area contributed by atoms with E-state index >= 15 is 0 Å². The first-order chi connectivity index (χ1) is 4.84. The van der Waals surface area contributed by atoms with E-state index in [0.29, 0.717) is 0 Å². The van der Waals surface area contributed by atoms with Crippen molar-refractivity contribution in [3.8, 4) is 0 Å². The number of hydrogen-bond acceptors (Lipinski definition) is 2. The van der Waals surface area contributed by atoms with Crippen LogP contribution in [0.3, 0.4) is 0 Å². The van der Waals surface area contributed by atoms with Crippen LogP contribution in [0.1, 0.15) is 12.8 Å². The first-order valence-electron chi connectivity index (χ1n) is 3.69. The second-order valence-corrected chi connectivity index (χ2v) is 5.06. The maximum atomic E-state index is 5.54. The molecule has 0 aromatic carbocycles. The van der Waals surface area contributed by atoms with E-state index in [1.165, 1.54) is 18.9 Å². The van der Waals surface area contributed by atoms with Crippen molar-refractivity contribution in [1.29, 1.82) is 0 Å². The number of ether oxygens (including phenoxy) is 1. The smallest absolute Gasteiger partial charge is 0.247 e. The molecule has 2 nitrogen and oxygen atoms in total. The summed E-state index contributed by atoms with van der Waals surface area (Å²) in [6.07, 6.45) is 2.50. The average Bonchev–Trinajstić information content (AvgIpc) is 2.05. The molecule has 58 valence electrons. The molecule has 0 aromatic heterocycles. The summed E-state index contributed by atoms with van der Waals surface area (Å²) in [5.74, 6) is 0. The Hall–Kier alpha value is -0.283. The van der Waals surface area contributed by atoms with E-state index in [1.54, 1.807) is 7.11 Å². The van der Waals surface area contributed by atoms with Crippen LogP contribution < -0.4 is 0 Å². The van der Waals surface area contributed by atoms with E-state index in [-0.39, 0.29) is 0 Å². The molecule has 1 unspecified atom stereocenters. The molecule has 0 aromatic rings. The molecular formula is C7H14O2Si. The Bertz CT molecular complexity index is 119. The van der Waals surface area contributed by atoms with Crippen LogP contribution in [0.25, 0.3) is 0 Å². The van der Waals surface area contributed by atoms with Crippen LogP contribution in [-0.2, 0) is 9.16 Å². The summed E-state index contributed by atoms with van der Waals surface area (Å²) in [5, 5.41) is 0.903. The van der Waals surface area contributed by atoms with Gasteiger partial charge in [0.2, 0.25) is 9.04 Å². The summed E-state index contributed by atoms with van der Waals surface area (Å²) in [7, 11) is 0.537. The molecule has 1 heterocycles. The molecule has 0 aliphatic carbocycles. The van der Waals surface area contributed by atoms with Gasteiger partial charge in [-0.05, 0) is 12.5 Å². The molecule has 3 heteroatoms. The third-order valence-corrected chi connectivity index (χ3v) is 4.33. The summed E-state index contributed by atoms with van der Waals surface area (Å²) in [6, 6.07) is 1.20. The van der Waals surface area contributed by atoms with Gasteiger partial charge in [0.15, 0.2) is 0 Å². The predicted molar refractivity (Wildman–Crippen MR) is 43.3 cm³/mol. The summed E-state index contributed by atoms with van der Waals surface area (Å²) < 4.78 is 10.6. The van der Waals surface area contributed by atoms with Gasteiger partial charge < -0.3 is 9.16 Å². The second kappa shape index (κ2) is 3.78. The summed E-state index contributed by atoms with van der Waals surface area (Å²) in [6.45, 7) is 4.73. The van der Waals surface area contributed by atoms with Crippen LogP contribution in [0.4, 0.5) is 0 Å². The van der Waals surface area contributed by atoms with Crippen molar-refractivity contribution in [3.63, 3.8) is 0 Å². The van der Waals surface area contributed by atoms with Gasteiger partial charge in [-0.2, -0.15) is 0 Å². The van der Waals surface area contributed by atoms with Gasteiger partial charge in [-0.25, -0.2) is 0 Å². The lowest BCUT2D eigenvalue weighted by Crippen LogP contribution is -2.26. The fraction of sp³-hybridized carbons (Fsp3) is 0.714. The van der Waals surface area contributed by atoms with Crippen LogP contribution in [0, 0.1) is 0 Å². The van der Waals surface area contributed by atoms with Crippen molar-refractivity contribution in [2.24, 2.45) is 0 Å². The fourth-order valence-electron chi connectivity index (χ4n) is 1.13. The Morgan fingerprint density at radius 3 is 2.90 bits per heavy atom. The van der Waals surface area contributed by atoms with Crippen molar-refractivity contribution in [2.75, 3.05) is 13.7 Å². The molecule has 1 saturated heterocycles. The zero-order valence-electron chi connectivity index (χ0n) is 6.43. The van der Waals surface area contributed by atoms with Crippen LogP contribution in [0.15, 0.2) is 12.0 Å². The molecule has 1 rings (SSSR count). The number of rotatable bonds is 2. The van der Waals surface area contributed by atoms with E-state index in [0.717, 1.165) is 12.0 Å². The van der Waals surface area contributed by atoms with Crippen molar-refractivity contribution < 1.29 is 9.16 Å². The lowest BCUT2D eigenvalue weighted by molar-refractivity contribution is 0.254. The third kappa shape index (κ3) is 1.85. The highest BCUT2D eigenvalue weighted by atomic mass is 28.3. The molecular weight excluding hydrogens is 144 g/mol. The Labute approximate surface area is 63.6 Å². The van der Waals surface area contributed by atoms with Gasteiger partial charge >= 0.3 is 0 Å². The van der Waals surface area contributed by atoms with E-state index in [2.05, 4.69) is 6.58 Å². The molecule has 1 fully saturated rings. The highest BCUT2D eigenvalue weighted by Gasteiger charge is 2.19. The molecule has 0 saturated carbocycles. The van der Waals surface area contributed by atoms with E-state index in [1.807, 2.05) is 0 Å². The quantitative estimate of drug-likeness (QED) is 0.444. The van der Waals surface area contributed by atoms with Gasteiger partial charge in [0.1, 0.15) is 0 Å². The fourth-order valence-corrected chi connectivity index (χ4v) is 3.17. The zero-order chi connectivity index (χ0) is 7.40. The maximum Gasteiger partial charge on any atom is 0.247 e. The van der Waals surface area contributed by atoms with Gasteiger partial charge in [0, 0.05) is 6.61 Å². The monoisotopic (exact) mass is 158 g/mol. The highest BCUT2D eigenvalue weighted by Crippen LogP contribution is 2.15. The van der Waals surface area contributed by atoms with Crippen LogP contribution >= 0.6 is 0 Å². The van der Waals surface area contributed by atoms with Crippen molar-refractivity contribution in [3.05, 3.63) is 12.0 Å². The molecule has 10 heavy (non-hydrogen) atoms. The Balaban J connectivity index is 2.31. The van der Waals surface area contributed by atoms with Crippen LogP contribution in [0.2, 0.25) is 6.04 Å². The average molecular weight is 158 g/mol. The zero-order valence-corrected chi connectivity index (χ0v) is 7.58. The topological polar surface area (TPSA) is 18.5 Å². The molecule has 1 aliphatic heterocycles. The predicted octanol–water partition coefficient (Wildman–Crippen LogP) is 1.22. The van der Waals surface area contributed by atoms with Gasteiger partial charge in [0.05, 0.1) is 12.5 Å². The summed E-state index contributed by atoms with van der Waals surface area (Å²) in [4.78, 5) is 0. The van der Waals surface area contributed by atoms with E-state index in [9.17, 15) is 0 Å². The summed E-state index contributed by atoms with van der Waals surface area (Å²) >= 11 is 0. The molecule has 0 amide bonds. The van der Waals surface area contributed by atoms with Gasteiger partial charge in [0.25, 0.3) is 0 Å². The Morgan fingerprint density at radius 1 is 1.60 bits per heavy atom. The Kier molecular flexibility index (Phi) is 2.96. The molecule has 0 radical (unpaired) electrons. The standard InChI is InChI=1S/C7H14O2Si/c1-7(8-2)10-6-4-3-5-9-10/h10H,1,3-6H2,2H3. The molecule has 0 N–H and O–H groups in total. The molecule has 1 atom stereocenters. The normalized spacial score (nSPS) is 25.9. The lowest BCUT2D eigenvalue weighted by Gasteiger charge is -2.21. The first-order valence-corrected chi connectivity index (χ1v) is 5.55. The Morgan fingerprint density at radius 2 is 2.40 bits per heavy atom. The molecule has 1 aliphatic rings. The van der Waals surface area contributed by atoms with E-state index in [4.69, 9.17) is 9.16 Å². The third-order valence-electron chi connectivity index (χ3n) is 1.80. The first kappa shape index (κ1) is 7.82. The minimum atomic E-state index is -1.14. The van der Waals surface area contributed by atoms with Crippen molar-refractivity contribution in [1.82, 2.24) is 0 Å². The van der Waals surface area contributed by atoms with Gasteiger partial charge in [-0.1, -0.05) is 13.0 Å². The highest BCUT2D eigenvalue weighted by molar-refractivity contribution is 6.59. The summed E-state index contributed by atoms with van der Waals surface area (Å²) in [5.41, 5.74) is 0. The van der Waals surface area contributed by atoms with E-state index < -0.39 is 9.04 Å². The minimum absolute atomic E-state index is 0.903. The van der Waals surface area contributed by atoms with Crippen LogP contribution in [-0.4, -0.2) is 22.8 Å². The van der Waals surface area contributed by atoms with Crippen LogP contribution in [0.5, 0.6) is 0 Å². The molecule has 0 spiro atoms. The maximum absolute atomic E-state index is 5.54. The number of methoxy groups -OCH3 is 1.